The monoisotopic (exact) mass is 695 g/mol. The van der Waals surface area contributed by atoms with Gasteiger partial charge in [0.2, 0.25) is 0 Å². The van der Waals surface area contributed by atoms with Gasteiger partial charge in [-0.25, -0.2) is 0 Å². The minimum Gasteiger partial charge on any atom is -0.462 e. The second-order valence-electron chi connectivity index (χ2n) is 14.9. The summed E-state index contributed by atoms with van der Waals surface area (Å²) in [5.41, 5.74) is 0. The van der Waals surface area contributed by atoms with E-state index in [1.807, 2.05) is 0 Å². The lowest BCUT2D eigenvalue weighted by molar-refractivity contribution is -0.167. The third-order valence-corrected chi connectivity index (χ3v) is 9.90. The summed E-state index contributed by atoms with van der Waals surface area (Å²) in [5, 5.41) is 0. The van der Waals surface area contributed by atoms with Crippen LogP contribution in [0.4, 0.5) is 0 Å². The maximum Gasteiger partial charge on any atom is 0.306 e. The predicted molar refractivity (Wildman–Crippen MR) is 206 cm³/mol. The van der Waals surface area contributed by atoms with Crippen LogP contribution in [0.15, 0.2) is 0 Å². The van der Waals surface area contributed by atoms with Crippen LogP contribution in [0.3, 0.4) is 0 Å². The zero-order valence-corrected chi connectivity index (χ0v) is 33.1. The second-order valence-corrected chi connectivity index (χ2v) is 14.9. The number of hydrogen-bond donors (Lipinski definition) is 0. The molecular weight excluding hydrogens is 612 g/mol. The highest BCUT2D eigenvalue weighted by Gasteiger charge is 2.19. The van der Waals surface area contributed by atoms with E-state index in [0.717, 1.165) is 70.1 Å². The van der Waals surface area contributed by atoms with Gasteiger partial charge in [0.15, 0.2) is 6.10 Å². The van der Waals surface area contributed by atoms with Gasteiger partial charge in [-0.3, -0.25) is 14.4 Å². The molecule has 0 aliphatic carbocycles. The molecule has 0 aliphatic rings. The first-order valence-corrected chi connectivity index (χ1v) is 21.4. The average molecular weight is 695 g/mol. The maximum absolute atomic E-state index is 12.6. The lowest BCUT2D eigenvalue weighted by atomic mass is 9.99. The summed E-state index contributed by atoms with van der Waals surface area (Å²) in [6.07, 6.45) is 35.4. The zero-order chi connectivity index (χ0) is 36.0. The van der Waals surface area contributed by atoms with Gasteiger partial charge in [-0.1, -0.05) is 195 Å². The van der Waals surface area contributed by atoms with E-state index >= 15 is 0 Å². The van der Waals surface area contributed by atoms with Crippen LogP contribution in [0.5, 0.6) is 0 Å². The van der Waals surface area contributed by atoms with Crippen molar-refractivity contribution < 1.29 is 28.6 Å². The molecule has 49 heavy (non-hydrogen) atoms. The van der Waals surface area contributed by atoms with Crippen molar-refractivity contribution in [3.63, 3.8) is 0 Å². The van der Waals surface area contributed by atoms with Gasteiger partial charge in [-0.15, -0.1) is 0 Å². The summed E-state index contributed by atoms with van der Waals surface area (Å²) in [6.45, 7) is 8.91. The van der Waals surface area contributed by atoms with E-state index in [-0.39, 0.29) is 31.1 Å². The molecule has 0 fully saturated rings. The van der Waals surface area contributed by atoms with Gasteiger partial charge < -0.3 is 14.2 Å². The van der Waals surface area contributed by atoms with Gasteiger partial charge in [0.1, 0.15) is 13.2 Å². The van der Waals surface area contributed by atoms with E-state index in [0.29, 0.717) is 19.3 Å². The molecule has 0 amide bonds. The fourth-order valence-corrected chi connectivity index (χ4v) is 6.24. The minimum atomic E-state index is -0.757. The van der Waals surface area contributed by atoms with E-state index in [9.17, 15) is 14.4 Å². The van der Waals surface area contributed by atoms with Crippen LogP contribution in [0, 0.1) is 5.92 Å². The summed E-state index contributed by atoms with van der Waals surface area (Å²) in [5.74, 6) is -0.0249. The Balaban J connectivity index is 4.23. The molecule has 0 saturated heterocycles. The first-order chi connectivity index (χ1) is 23.9. The van der Waals surface area contributed by atoms with Crippen LogP contribution < -0.4 is 0 Å². The van der Waals surface area contributed by atoms with Gasteiger partial charge in [0.25, 0.3) is 0 Å². The van der Waals surface area contributed by atoms with Crippen molar-refractivity contribution in [3.8, 4) is 0 Å². The Morgan fingerprint density at radius 2 is 0.714 bits per heavy atom. The van der Waals surface area contributed by atoms with Gasteiger partial charge >= 0.3 is 17.9 Å². The molecule has 0 heterocycles. The number of carbonyl (C=O) groups excluding carboxylic acids is 3. The van der Waals surface area contributed by atoms with Gasteiger partial charge in [-0.05, 0) is 25.2 Å². The molecule has 0 spiro atoms. The molecule has 0 N–H and O–H groups in total. The molecule has 290 valence electrons. The molecule has 0 aromatic rings. The Bertz CT molecular complexity index is 738. The molecule has 0 saturated carbocycles. The largest absolute Gasteiger partial charge is 0.462 e. The van der Waals surface area contributed by atoms with Gasteiger partial charge in [0, 0.05) is 19.3 Å². The normalized spacial score (nSPS) is 12.5. The topological polar surface area (TPSA) is 78.9 Å². The van der Waals surface area contributed by atoms with E-state index in [2.05, 4.69) is 27.7 Å². The SMILES string of the molecule is CCCCCCCCCCCCCCCCC(=O)O[C@@H](COC(=O)CCCCCCC)COC(=O)CCCCCCCCCCC(C)CC. The highest BCUT2D eigenvalue weighted by Crippen LogP contribution is 2.16. The van der Waals surface area contributed by atoms with Crippen molar-refractivity contribution in [2.75, 3.05) is 13.2 Å². The van der Waals surface area contributed by atoms with E-state index in [1.165, 1.54) is 122 Å². The van der Waals surface area contributed by atoms with Crippen molar-refractivity contribution in [1.82, 2.24) is 0 Å². The Morgan fingerprint density at radius 1 is 0.408 bits per heavy atom. The summed E-state index contributed by atoms with van der Waals surface area (Å²) in [6, 6.07) is 0. The van der Waals surface area contributed by atoms with Crippen molar-refractivity contribution in [2.45, 2.75) is 239 Å². The summed E-state index contributed by atoms with van der Waals surface area (Å²) in [4.78, 5) is 37.4. The van der Waals surface area contributed by atoms with Crippen molar-refractivity contribution in [2.24, 2.45) is 5.92 Å². The van der Waals surface area contributed by atoms with Crippen molar-refractivity contribution >= 4 is 17.9 Å². The Morgan fingerprint density at radius 3 is 1.06 bits per heavy atom. The molecule has 0 aromatic heterocycles. The lowest BCUT2D eigenvalue weighted by Gasteiger charge is -2.18. The molecule has 0 rings (SSSR count). The number of rotatable bonds is 38. The molecule has 0 aromatic carbocycles. The summed E-state index contributed by atoms with van der Waals surface area (Å²) >= 11 is 0. The molecular formula is C43H82O6. The molecule has 0 bridgehead atoms. The number of carbonyl (C=O) groups is 3. The van der Waals surface area contributed by atoms with Crippen LogP contribution >= 0.6 is 0 Å². The highest BCUT2D eigenvalue weighted by molar-refractivity contribution is 5.71. The number of ether oxygens (including phenoxy) is 3. The Kier molecular flexibility index (Phi) is 36.4. The smallest absolute Gasteiger partial charge is 0.306 e. The van der Waals surface area contributed by atoms with E-state index in [1.54, 1.807) is 0 Å². The van der Waals surface area contributed by atoms with Crippen LogP contribution in [0.25, 0.3) is 0 Å². The molecule has 6 nitrogen and oxygen atoms in total. The number of hydrogen-bond acceptors (Lipinski definition) is 6. The third kappa shape index (κ3) is 36.0. The highest BCUT2D eigenvalue weighted by atomic mass is 16.6. The van der Waals surface area contributed by atoms with Crippen LogP contribution in [0.2, 0.25) is 0 Å². The quantitative estimate of drug-likeness (QED) is 0.0364. The van der Waals surface area contributed by atoms with Crippen molar-refractivity contribution in [1.29, 1.82) is 0 Å². The summed E-state index contributed by atoms with van der Waals surface area (Å²) < 4.78 is 16.6. The average Bonchev–Trinajstić information content (AvgIpc) is 3.10. The van der Waals surface area contributed by atoms with Gasteiger partial charge in [0.05, 0.1) is 0 Å². The standard InChI is InChI=1S/C43H82O6/c1-5-8-10-12-13-14-15-16-17-18-19-24-28-32-36-43(46)49-40(37-47-41(44)34-30-25-11-9-6-2)38-48-42(45)35-31-27-23-21-20-22-26-29-33-39(4)7-3/h39-40H,5-38H2,1-4H3/t39?,40-/m0/s1. The third-order valence-electron chi connectivity index (χ3n) is 9.90. The van der Waals surface area contributed by atoms with Crippen LogP contribution in [-0.4, -0.2) is 37.2 Å². The fraction of sp³-hybridized carbons (Fsp3) is 0.930. The zero-order valence-electron chi connectivity index (χ0n) is 33.1. The number of unbranched alkanes of at least 4 members (excludes halogenated alkanes) is 24. The Labute approximate surface area is 304 Å². The minimum absolute atomic E-state index is 0.0657. The van der Waals surface area contributed by atoms with Gasteiger partial charge in [-0.2, -0.15) is 0 Å². The fourth-order valence-electron chi connectivity index (χ4n) is 6.24. The molecule has 0 aliphatic heterocycles. The van der Waals surface area contributed by atoms with E-state index < -0.39 is 6.10 Å². The Hall–Kier alpha value is -1.59. The molecule has 2 atom stereocenters. The van der Waals surface area contributed by atoms with Crippen molar-refractivity contribution in [3.05, 3.63) is 0 Å². The number of esters is 3. The first-order valence-electron chi connectivity index (χ1n) is 21.4. The molecule has 6 heteroatoms. The summed E-state index contributed by atoms with van der Waals surface area (Å²) in [7, 11) is 0. The van der Waals surface area contributed by atoms with Crippen LogP contribution in [-0.2, 0) is 28.6 Å². The first kappa shape index (κ1) is 47.4. The predicted octanol–water partition coefficient (Wildman–Crippen LogP) is 13.2. The second kappa shape index (κ2) is 37.7. The molecule has 0 radical (unpaired) electrons. The molecule has 1 unspecified atom stereocenters. The maximum atomic E-state index is 12.6. The van der Waals surface area contributed by atoms with Crippen LogP contribution in [0.1, 0.15) is 233 Å². The van der Waals surface area contributed by atoms with E-state index in [4.69, 9.17) is 14.2 Å². The lowest BCUT2D eigenvalue weighted by Crippen LogP contribution is -2.30.